The van der Waals surface area contributed by atoms with E-state index in [4.69, 9.17) is 26.7 Å². The number of carbonyl (C=O) groups excluding carboxylic acids is 9. The van der Waals surface area contributed by atoms with Crippen LogP contribution in [0.25, 0.3) is 0 Å². The Hall–Kier alpha value is -9.31. The first-order valence-corrected chi connectivity index (χ1v) is 41.1. The number of nitrogens with one attached hydrogen (secondary N) is 11. The van der Waals surface area contributed by atoms with Crippen molar-refractivity contribution >= 4 is 143 Å². The number of guanidine groups is 1. The maximum atomic E-state index is 14.2. The lowest BCUT2D eigenvalue weighted by molar-refractivity contribution is -0.145. The SMILES string of the molecule is CSCC[C@H](NC(=O)[C@H](CS)NC(=O)COCCOCCNc1c(NCCCC(C(=O)O)N2CCN(CC(=O)O)CCN(CC(=O)O)CCN(CC(=O)O)CC2)c(=O)c1=O)C(=O)N[C@@H](CCCCN)C(=O)N[C@H](C(=O)N[C@@H](CC(=O)O)C(=O)N[C@H](C(=O)N[C@@H](CCCN=C(N)N)C(=O)N[C@@H](CC(C)C)C(=O)N[C@@H](CS)C(=O)O)[C@@H](C)O)[C@@H](C)O. The van der Waals surface area contributed by atoms with Gasteiger partial charge in [-0.3, -0.25) is 101 Å². The van der Waals surface area contributed by atoms with Gasteiger partial charge in [0.25, 0.3) is 10.9 Å². The lowest BCUT2D eigenvalue weighted by Crippen LogP contribution is -2.63. The molecule has 0 radical (unpaired) electrons. The minimum Gasteiger partial charge on any atom is -0.481 e. The number of aliphatic imine (C=N–C) groups is 1. The number of hydrogen-bond acceptors (Lipinski definition) is 32. The van der Waals surface area contributed by atoms with Crippen LogP contribution in [0.1, 0.15) is 91.9 Å². The third-order valence-electron chi connectivity index (χ3n) is 18.2. The molecule has 0 spiro atoms. The molecular formula is C70H119N19O27S3. The Morgan fingerprint density at radius 1 is 0.471 bits per heavy atom. The number of anilines is 2. The molecule has 0 bridgehead atoms. The number of nitrogens with zero attached hydrogens (tertiary/aromatic N) is 5. The molecule has 0 aromatic heterocycles. The van der Waals surface area contributed by atoms with Gasteiger partial charge in [-0.1, -0.05) is 13.8 Å². The first kappa shape index (κ1) is 106. The molecule has 1 aromatic rings. The van der Waals surface area contributed by atoms with Gasteiger partial charge in [0.05, 0.1) is 58.1 Å². The smallest absolute Gasteiger partial charge is 0.327 e. The second kappa shape index (κ2) is 57.0. The number of carbonyl (C=O) groups is 15. The molecule has 1 aromatic carbocycles. The second-order valence-electron chi connectivity index (χ2n) is 28.4. The number of rotatable bonds is 59. The molecule has 1 heterocycles. The predicted octanol–water partition coefficient (Wildman–Crippen LogP) is -8.63. The number of aliphatic hydroxyl groups is 2. The number of carboxylic acid groups (broad SMARTS) is 6. The van der Waals surface area contributed by atoms with Crippen LogP contribution in [-0.2, 0) is 81.4 Å². The zero-order valence-electron chi connectivity index (χ0n) is 67.2. The quantitative estimate of drug-likeness (QED) is 0.00947. The van der Waals surface area contributed by atoms with E-state index in [9.17, 15) is 122 Å². The van der Waals surface area contributed by atoms with Crippen molar-refractivity contribution in [2.24, 2.45) is 28.1 Å². The molecule has 1 saturated heterocycles. The van der Waals surface area contributed by atoms with E-state index in [-0.39, 0.29) is 197 Å². The standard InChI is InChI=1S/C70H119N19O27S3/c1-38(2)30-44(63(106)83-47(37-118)68(111)112)81-60(103)42(11-8-16-76-70(72)73)80-66(109)54(39(3)90)85-64(107)45(31-50(93)94)82-67(110)55(40(4)91)84-62(105)41(10-6-7-14-71)78-61(104)43(13-29-119-5)79-65(108)46(36-117)77-49(92)35-116-28-27-115-26-17-75-57-56(58(101)59(57)102)74-15-9-12-48(69(113)114)89-24-22-87(33-52(97)98)20-18-86(32-51(95)96)19-21-88(23-25-89)34-53(99)100/h38-48,54-55,74-75,90-91,117-118H,6-37,71H2,1-5H3,(H,77,92)(H,78,104)(H,79,108)(H,80,109)(H,81,103)(H,82,110)(H,83,106)(H,84,105)(H,85,107)(H,93,94)(H,95,96)(H,97,98)(H,99,100)(H,111,112)(H,113,114)(H4,72,73,76)/t39-,40-,41+,42+,43+,44+,45+,46+,47+,48?,54+,55+/m1/s1. The number of nitrogens with two attached hydrogens (primary N) is 3. The van der Waals surface area contributed by atoms with Gasteiger partial charge in [-0.15, -0.1) is 0 Å². The minimum atomic E-state index is -2.12. The average Bonchev–Trinajstić information content (AvgIpc) is 0.786. The Morgan fingerprint density at radius 2 is 0.891 bits per heavy atom. The van der Waals surface area contributed by atoms with Gasteiger partial charge in [-0.25, -0.2) is 4.79 Å². The molecule has 1 aliphatic rings. The zero-order chi connectivity index (χ0) is 89.6. The maximum absolute atomic E-state index is 14.2. The Bertz CT molecular complexity index is 3560. The van der Waals surface area contributed by atoms with Gasteiger partial charge < -0.3 is 126 Å². The molecule has 46 nitrogen and oxygen atoms in total. The Labute approximate surface area is 701 Å². The molecule has 2 rings (SSSR count). The van der Waals surface area contributed by atoms with Crippen molar-refractivity contribution < 1.29 is 122 Å². The number of thioether (sulfide) groups is 1. The van der Waals surface area contributed by atoms with Crippen molar-refractivity contribution in [1.82, 2.24) is 67.5 Å². The van der Waals surface area contributed by atoms with Gasteiger partial charge in [0.1, 0.15) is 78.4 Å². The molecule has 49 heteroatoms. The fraction of sp³-hybridized carbons (Fsp3) is 0.714. The maximum Gasteiger partial charge on any atom is 0.327 e. The van der Waals surface area contributed by atoms with Crippen molar-refractivity contribution in [3.8, 4) is 0 Å². The molecule has 0 aliphatic carbocycles. The van der Waals surface area contributed by atoms with Crippen LogP contribution in [0.4, 0.5) is 11.4 Å². The number of aliphatic hydroxyl groups excluding tert-OH is 2. The normalized spacial score (nSPS) is 16.3. The summed E-state index contributed by atoms with van der Waals surface area (Å²) in [5.41, 5.74) is 14.9. The van der Waals surface area contributed by atoms with Gasteiger partial charge >= 0.3 is 35.8 Å². The molecule has 119 heavy (non-hydrogen) atoms. The molecule has 9 amide bonds. The predicted molar refractivity (Wildman–Crippen MR) is 438 cm³/mol. The van der Waals surface area contributed by atoms with Crippen LogP contribution in [0.5, 0.6) is 0 Å². The number of aliphatic carboxylic acids is 6. The highest BCUT2D eigenvalue weighted by Gasteiger charge is 2.39. The zero-order valence-corrected chi connectivity index (χ0v) is 69.8. The van der Waals surface area contributed by atoms with Crippen molar-refractivity contribution in [2.75, 3.05) is 159 Å². The lowest BCUT2D eigenvalue weighted by Gasteiger charge is -2.35. The molecule has 674 valence electrons. The molecule has 1 fully saturated rings. The highest BCUT2D eigenvalue weighted by Crippen LogP contribution is 2.18. The lowest BCUT2D eigenvalue weighted by atomic mass is 10.0. The fourth-order valence-corrected chi connectivity index (χ4v) is 12.9. The number of carboxylic acids is 6. The second-order valence-corrected chi connectivity index (χ2v) is 30.1. The van der Waals surface area contributed by atoms with Crippen molar-refractivity contribution in [3.63, 3.8) is 0 Å². The first-order valence-electron chi connectivity index (χ1n) is 38.4. The third kappa shape index (κ3) is 41.5. The van der Waals surface area contributed by atoms with Crippen LogP contribution < -0.4 is 86.5 Å². The summed E-state index contributed by atoms with van der Waals surface area (Å²) in [6.45, 7) is 4.40. The summed E-state index contributed by atoms with van der Waals surface area (Å²) >= 11 is 9.46. The van der Waals surface area contributed by atoms with Crippen LogP contribution in [0.2, 0.25) is 0 Å². The molecule has 0 saturated carbocycles. The highest BCUT2D eigenvalue weighted by atomic mass is 32.2. The molecule has 12 atom stereocenters. The number of thiol groups is 2. The first-order chi connectivity index (χ1) is 56.2. The number of ether oxygens (including phenoxy) is 2. The molecule has 1 aliphatic heterocycles. The number of unbranched alkanes of at least 4 members (excludes halogenated alkanes) is 1. The summed E-state index contributed by atoms with van der Waals surface area (Å²) in [5, 5.41) is 107. The van der Waals surface area contributed by atoms with Gasteiger partial charge in [0.15, 0.2) is 5.96 Å². The van der Waals surface area contributed by atoms with E-state index in [1.807, 2.05) is 0 Å². The van der Waals surface area contributed by atoms with Crippen LogP contribution in [0.15, 0.2) is 14.6 Å². The molecule has 1 unspecified atom stereocenters. The van der Waals surface area contributed by atoms with E-state index in [2.05, 4.69) is 88.7 Å². The van der Waals surface area contributed by atoms with Crippen molar-refractivity contribution in [2.45, 2.75) is 165 Å². The van der Waals surface area contributed by atoms with E-state index >= 15 is 0 Å². The fourth-order valence-electron chi connectivity index (χ4n) is 11.9. The molecular weight excluding hydrogens is 1640 g/mol. The summed E-state index contributed by atoms with van der Waals surface area (Å²) in [6, 6.07) is -15.9. The van der Waals surface area contributed by atoms with E-state index < -0.39 is 199 Å². The third-order valence-corrected chi connectivity index (χ3v) is 19.6. The van der Waals surface area contributed by atoms with E-state index in [1.54, 1.807) is 39.7 Å². The number of amides is 9. The minimum absolute atomic E-state index is 0.0105. The van der Waals surface area contributed by atoms with Gasteiger partial charge in [-0.2, -0.15) is 37.0 Å². The average molecular weight is 1760 g/mol. The summed E-state index contributed by atoms with van der Waals surface area (Å²) in [5.74, 6) is -18.3. The van der Waals surface area contributed by atoms with Crippen molar-refractivity contribution in [3.05, 3.63) is 20.4 Å². The van der Waals surface area contributed by atoms with Crippen molar-refractivity contribution in [1.29, 1.82) is 0 Å². The van der Waals surface area contributed by atoms with Crippen LogP contribution in [-0.4, -0.2) is 376 Å². The Kier molecular flexibility index (Phi) is 50.7. The summed E-state index contributed by atoms with van der Waals surface area (Å²) in [6.07, 6.45) is -2.89. The number of hydrogen-bond donors (Lipinski definition) is 24. The topological polar surface area (TPSA) is 706 Å². The summed E-state index contributed by atoms with van der Waals surface area (Å²) in [4.78, 5) is 232. The highest BCUT2D eigenvalue weighted by molar-refractivity contribution is 7.98. The Balaban J connectivity index is 2.13. The Morgan fingerprint density at radius 3 is 1.34 bits per heavy atom. The summed E-state index contributed by atoms with van der Waals surface area (Å²) < 4.78 is 11.0. The largest absolute Gasteiger partial charge is 0.481 e. The van der Waals surface area contributed by atoms with Crippen LogP contribution in [0.3, 0.4) is 0 Å². The molecule has 25 N–H and O–H groups in total. The van der Waals surface area contributed by atoms with Gasteiger partial charge in [0, 0.05) is 83.5 Å². The van der Waals surface area contributed by atoms with Gasteiger partial charge in [0.2, 0.25) is 53.2 Å². The van der Waals surface area contributed by atoms with E-state index in [0.717, 1.165) is 13.8 Å². The monoisotopic (exact) mass is 1750 g/mol. The van der Waals surface area contributed by atoms with Gasteiger partial charge in [-0.05, 0) is 96.1 Å². The van der Waals surface area contributed by atoms with Crippen LogP contribution in [0, 0.1) is 5.92 Å². The summed E-state index contributed by atoms with van der Waals surface area (Å²) in [7, 11) is 0. The van der Waals surface area contributed by atoms with E-state index in [0.29, 0.717) is 6.42 Å². The van der Waals surface area contributed by atoms with E-state index in [1.165, 1.54) is 11.8 Å². The van der Waals surface area contributed by atoms with Crippen LogP contribution >= 0.6 is 37.0 Å².